The van der Waals surface area contributed by atoms with E-state index in [1.807, 2.05) is 0 Å². The van der Waals surface area contributed by atoms with E-state index in [4.69, 9.17) is 11.6 Å². The van der Waals surface area contributed by atoms with Gasteiger partial charge in [0.25, 0.3) is 5.91 Å². The van der Waals surface area contributed by atoms with Gasteiger partial charge in [-0.05, 0) is 6.07 Å². The van der Waals surface area contributed by atoms with Gasteiger partial charge in [0.2, 0.25) is 0 Å². The van der Waals surface area contributed by atoms with Crippen LogP contribution in [0, 0.1) is 0 Å². The van der Waals surface area contributed by atoms with Crippen LogP contribution in [0.3, 0.4) is 0 Å². The van der Waals surface area contributed by atoms with Gasteiger partial charge in [0, 0.05) is 25.4 Å². The molecule has 2 atom stereocenters. The number of amides is 1. The van der Waals surface area contributed by atoms with Crippen molar-refractivity contribution in [2.45, 2.75) is 18.6 Å². The van der Waals surface area contributed by atoms with Gasteiger partial charge < -0.3 is 14.7 Å². The number of hydrogen-bond acceptors (Lipinski definition) is 5. The molecular formula is C12H13ClN2O4. The van der Waals surface area contributed by atoms with Gasteiger partial charge in [0.1, 0.15) is 6.04 Å². The van der Waals surface area contributed by atoms with E-state index in [1.54, 1.807) is 0 Å². The van der Waals surface area contributed by atoms with Gasteiger partial charge >= 0.3 is 5.97 Å². The molecule has 1 N–H and O–H groups in total. The zero-order chi connectivity index (χ0) is 14.0. The lowest BCUT2D eigenvalue weighted by Crippen LogP contribution is -2.41. The summed E-state index contributed by atoms with van der Waals surface area (Å²) in [5, 5.41) is 9.88. The third-order valence-electron chi connectivity index (χ3n) is 3.01. The number of esters is 1. The second-order valence-corrected chi connectivity index (χ2v) is 4.65. The molecule has 19 heavy (non-hydrogen) atoms. The third-order valence-corrected chi connectivity index (χ3v) is 3.34. The van der Waals surface area contributed by atoms with Gasteiger partial charge in [0.15, 0.2) is 0 Å². The fourth-order valence-corrected chi connectivity index (χ4v) is 2.27. The fraction of sp³-hybridized carbons (Fsp3) is 0.417. The lowest BCUT2D eigenvalue weighted by Gasteiger charge is -2.22. The minimum Gasteiger partial charge on any atom is -0.467 e. The quantitative estimate of drug-likeness (QED) is 0.799. The number of pyridine rings is 1. The Labute approximate surface area is 114 Å². The molecule has 0 bridgehead atoms. The van der Waals surface area contributed by atoms with Crippen LogP contribution in [-0.4, -0.2) is 52.7 Å². The van der Waals surface area contributed by atoms with Crippen LogP contribution in [0.15, 0.2) is 18.5 Å². The SMILES string of the molecule is COC(=O)C1CC(O)CN1C(=O)c1cnccc1Cl. The summed E-state index contributed by atoms with van der Waals surface area (Å²) in [5.74, 6) is -0.991. The molecule has 1 aliphatic heterocycles. The summed E-state index contributed by atoms with van der Waals surface area (Å²) >= 11 is 5.93. The van der Waals surface area contributed by atoms with Gasteiger partial charge in [-0.15, -0.1) is 0 Å². The molecule has 0 aromatic carbocycles. The molecule has 1 saturated heterocycles. The number of hydrogen-bond donors (Lipinski definition) is 1. The molecular weight excluding hydrogens is 272 g/mol. The minimum atomic E-state index is -0.788. The van der Waals surface area contributed by atoms with Crippen LogP contribution in [0.4, 0.5) is 0 Å². The van der Waals surface area contributed by atoms with Crippen LogP contribution in [0.25, 0.3) is 0 Å². The lowest BCUT2D eigenvalue weighted by molar-refractivity contribution is -0.145. The van der Waals surface area contributed by atoms with Crippen molar-refractivity contribution in [3.05, 3.63) is 29.0 Å². The van der Waals surface area contributed by atoms with Crippen LogP contribution >= 0.6 is 11.6 Å². The largest absolute Gasteiger partial charge is 0.467 e. The van der Waals surface area contributed by atoms with Gasteiger partial charge in [-0.1, -0.05) is 11.6 Å². The molecule has 0 spiro atoms. The molecule has 0 aliphatic carbocycles. The van der Waals surface area contributed by atoms with Crippen LogP contribution in [-0.2, 0) is 9.53 Å². The van der Waals surface area contributed by atoms with Crippen molar-refractivity contribution in [3.8, 4) is 0 Å². The van der Waals surface area contributed by atoms with Crippen molar-refractivity contribution in [3.63, 3.8) is 0 Å². The standard InChI is InChI=1S/C12H13ClN2O4/c1-19-12(18)10-4-7(16)6-15(10)11(17)8-5-14-3-2-9(8)13/h2-3,5,7,10,16H,4,6H2,1H3. The number of ether oxygens (including phenoxy) is 1. The van der Waals surface area contributed by atoms with E-state index in [0.717, 1.165) is 0 Å². The van der Waals surface area contributed by atoms with Crippen molar-refractivity contribution in [2.75, 3.05) is 13.7 Å². The Morgan fingerprint density at radius 2 is 2.32 bits per heavy atom. The number of β-amino-alcohol motifs (C(OH)–C–C–N with tert-alkyl or cyclic N) is 1. The summed E-state index contributed by atoms with van der Waals surface area (Å²) in [6.45, 7) is 0.0732. The molecule has 7 heteroatoms. The van der Waals surface area contributed by atoms with E-state index >= 15 is 0 Å². The normalized spacial score (nSPS) is 22.4. The average Bonchev–Trinajstić information content (AvgIpc) is 2.79. The van der Waals surface area contributed by atoms with E-state index in [9.17, 15) is 14.7 Å². The van der Waals surface area contributed by atoms with Crippen molar-refractivity contribution >= 4 is 23.5 Å². The van der Waals surface area contributed by atoms with Crippen LogP contribution in [0.5, 0.6) is 0 Å². The monoisotopic (exact) mass is 284 g/mol. The summed E-state index contributed by atoms with van der Waals surface area (Å²) in [7, 11) is 1.24. The van der Waals surface area contributed by atoms with Gasteiger partial charge in [0.05, 0.1) is 23.8 Å². The first-order valence-electron chi connectivity index (χ1n) is 5.71. The molecule has 6 nitrogen and oxygen atoms in total. The molecule has 1 aliphatic rings. The highest BCUT2D eigenvalue weighted by atomic mass is 35.5. The van der Waals surface area contributed by atoms with Gasteiger partial charge in [-0.25, -0.2) is 4.79 Å². The Kier molecular flexibility index (Phi) is 4.01. The first-order chi connectivity index (χ1) is 9.04. The number of likely N-dealkylation sites (tertiary alicyclic amines) is 1. The predicted molar refractivity (Wildman–Crippen MR) is 66.7 cm³/mol. The summed E-state index contributed by atoms with van der Waals surface area (Å²) in [6.07, 6.45) is 2.22. The highest BCUT2D eigenvalue weighted by Gasteiger charge is 2.40. The number of halogens is 1. The fourth-order valence-electron chi connectivity index (χ4n) is 2.09. The third kappa shape index (κ3) is 2.69. The summed E-state index contributed by atoms with van der Waals surface area (Å²) in [5.41, 5.74) is 0.201. The van der Waals surface area contributed by atoms with Crippen molar-refractivity contribution in [1.82, 2.24) is 9.88 Å². The number of aromatic nitrogens is 1. The van der Waals surface area contributed by atoms with Crippen molar-refractivity contribution in [2.24, 2.45) is 0 Å². The highest BCUT2D eigenvalue weighted by molar-refractivity contribution is 6.33. The lowest BCUT2D eigenvalue weighted by atomic mass is 10.2. The number of carbonyl (C=O) groups excluding carboxylic acids is 2. The molecule has 1 fully saturated rings. The molecule has 1 aromatic heterocycles. The van der Waals surface area contributed by atoms with Gasteiger partial charge in [-0.2, -0.15) is 0 Å². The van der Waals surface area contributed by atoms with Crippen molar-refractivity contribution < 1.29 is 19.4 Å². The average molecular weight is 285 g/mol. The molecule has 0 radical (unpaired) electrons. The van der Waals surface area contributed by atoms with E-state index in [-0.39, 0.29) is 23.6 Å². The maximum Gasteiger partial charge on any atom is 0.328 e. The molecule has 1 aromatic rings. The zero-order valence-corrected chi connectivity index (χ0v) is 11.0. The second-order valence-electron chi connectivity index (χ2n) is 4.24. The maximum atomic E-state index is 12.3. The molecule has 2 unspecified atom stereocenters. The Bertz CT molecular complexity index is 508. The Balaban J connectivity index is 2.27. The number of rotatable bonds is 2. The van der Waals surface area contributed by atoms with Crippen molar-refractivity contribution in [1.29, 1.82) is 0 Å². The smallest absolute Gasteiger partial charge is 0.328 e. The van der Waals surface area contributed by atoms with E-state index in [0.29, 0.717) is 0 Å². The highest BCUT2D eigenvalue weighted by Crippen LogP contribution is 2.24. The summed E-state index contributed by atoms with van der Waals surface area (Å²) in [4.78, 5) is 29.0. The number of carbonyl (C=O) groups is 2. The number of methoxy groups -OCH3 is 1. The van der Waals surface area contributed by atoms with Gasteiger partial charge in [-0.3, -0.25) is 9.78 Å². The summed E-state index contributed by atoms with van der Waals surface area (Å²) < 4.78 is 4.64. The molecule has 2 rings (SSSR count). The first kappa shape index (κ1) is 13.8. The Morgan fingerprint density at radius 3 is 2.95 bits per heavy atom. The van der Waals surface area contributed by atoms with Crippen LogP contribution in [0.1, 0.15) is 16.8 Å². The second kappa shape index (κ2) is 5.54. The van der Waals surface area contributed by atoms with E-state index in [2.05, 4.69) is 9.72 Å². The maximum absolute atomic E-state index is 12.3. The Hall–Kier alpha value is -1.66. The number of aliphatic hydroxyl groups excluding tert-OH is 1. The van der Waals surface area contributed by atoms with E-state index in [1.165, 1.54) is 30.5 Å². The van der Waals surface area contributed by atoms with Crippen LogP contribution < -0.4 is 0 Å². The van der Waals surface area contributed by atoms with Crippen LogP contribution in [0.2, 0.25) is 5.02 Å². The summed E-state index contributed by atoms with van der Waals surface area (Å²) in [6, 6.07) is 0.706. The molecule has 2 heterocycles. The molecule has 102 valence electrons. The minimum absolute atomic E-state index is 0.0732. The molecule has 1 amide bonds. The molecule has 0 saturated carbocycles. The predicted octanol–water partition coefficient (Wildman–Crippen LogP) is 0.483. The number of nitrogens with zero attached hydrogens (tertiary/aromatic N) is 2. The van der Waals surface area contributed by atoms with E-state index < -0.39 is 24.0 Å². The first-order valence-corrected chi connectivity index (χ1v) is 6.08. The zero-order valence-electron chi connectivity index (χ0n) is 10.2. The topological polar surface area (TPSA) is 79.7 Å². The Morgan fingerprint density at radius 1 is 1.58 bits per heavy atom. The number of aliphatic hydroxyl groups is 1.